The van der Waals surface area contributed by atoms with Crippen LogP contribution in [0.4, 0.5) is 0 Å². The van der Waals surface area contributed by atoms with Gasteiger partial charge in [-0.25, -0.2) is 15.0 Å². The van der Waals surface area contributed by atoms with Crippen LogP contribution in [0.1, 0.15) is 11.3 Å². The molecule has 0 saturated carbocycles. The first-order chi connectivity index (χ1) is 10.6. The molecule has 23 heavy (non-hydrogen) atoms. The molecule has 0 fully saturated rings. The van der Waals surface area contributed by atoms with Crippen LogP contribution in [0.3, 0.4) is 0 Å². The molecule has 7 nitrogen and oxygen atoms in total. The molecule has 0 spiro atoms. The van der Waals surface area contributed by atoms with Gasteiger partial charge in [0.25, 0.3) is 0 Å². The van der Waals surface area contributed by atoms with Crippen molar-refractivity contribution in [3.8, 4) is 0 Å². The van der Waals surface area contributed by atoms with Gasteiger partial charge in [0, 0.05) is 6.42 Å². The van der Waals surface area contributed by atoms with Gasteiger partial charge < -0.3 is 15.4 Å². The monoisotopic (exact) mass is 333 g/mol. The Bertz CT molecular complexity index is 806. The Morgan fingerprint density at radius 3 is 2.65 bits per heavy atom. The third-order valence-electron chi connectivity index (χ3n) is 3.40. The van der Waals surface area contributed by atoms with Gasteiger partial charge in [-0.05, 0) is 5.56 Å². The molecule has 0 aliphatic heterocycles. The van der Waals surface area contributed by atoms with Gasteiger partial charge in [0.05, 0.1) is 18.6 Å². The molecule has 0 saturated heterocycles. The predicted molar refractivity (Wildman–Crippen MR) is 87.4 cm³/mol. The number of imidazole rings is 1. The number of rotatable bonds is 5. The number of nitrogens with two attached hydrogens (primary N) is 1. The third-order valence-corrected chi connectivity index (χ3v) is 3.40. The molecule has 3 rings (SSSR count). The zero-order valence-corrected chi connectivity index (χ0v) is 13.0. The molecule has 3 aromatic rings. The molecule has 2 aromatic heterocycles. The fourth-order valence-electron chi connectivity index (χ4n) is 2.27. The summed E-state index contributed by atoms with van der Waals surface area (Å²) in [5, 5.41) is 8.92. The highest BCUT2D eigenvalue weighted by Crippen LogP contribution is 2.15. The normalized spacial score (nSPS) is 11.9. The molecule has 2 heterocycles. The van der Waals surface area contributed by atoms with Crippen LogP contribution in [-0.4, -0.2) is 36.6 Å². The molecule has 1 atom stereocenters. The summed E-state index contributed by atoms with van der Waals surface area (Å²) in [6, 6.07) is 8.95. The number of fused-ring (bicyclic) bond motifs is 1. The molecular weight excluding hydrogens is 318 g/mol. The van der Waals surface area contributed by atoms with E-state index >= 15 is 0 Å². The Balaban J connectivity index is 0.00000192. The topological polar surface area (TPSA) is 107 Å². The summed E-state index contributed by atoms with van der Waals surface area (Å²) in [7, 11) is 0. The number of halogens is 1. The number of aliphatic carboxylic acids is 1. The number of hydrogen-bond donors (Lipinski definition) is 2. The Kier molecular flexibility index (Phi) is 5.25. The number of aromatic nitrogens is 4. The molecular formula is C15H16ClN5O2. The zero-order valence-electron chi connectivity index (χ0n) is 12.2. The van der Waals surface area contributed by atoms with Crippen LogP contribution >= 0.6 is 12.4 Å². The van der Waals surface area contributed by atoms with E-state index in [1.807, 2.05) is 34.9 Å². The highest BCUT2D eigenvalue weighted by atomic mass is 35.5. The minimum absolute atomic E-state index is 0. The maximum atomic E-state index is 10.9. The van der Waals surface area contributed by atoms with Gasteiger partial charge in [-0.15, -0.1) is 12.4 Å². The average molecular weight is 334 g/mol. The molecule has 0 aliphatic carbocycles. The van der Waals surface area contributed by atoms with Crippen LogP contribution in [0.15, 0.2) is 43.0 Å². The highest BCUT2D eigenvalue weighted by molar-refractivity contribution is 5.85. The van der Waals surface area contributed by atoms with E-state index in [-0.39, 0.29) is 18.8 Å². The van der Waals surface area contributed by atoms with Crippen molar-refractivity contribution in [1.29, 1.82) is 0 Å². The SMILES string of the molecule is Cl.N[C@@H](Cc1ncnc2c1ncn2Cc1ccccc1)C(=O)O. The van der Waals surface area contributed by atoms with Crippen molar-refractivity contribution in [2.75, 3.05) is 0 Å². The van der Waals surface area contributed by atoms with Crippen molar-refractivity contribution in [3.05, 3.63) is 54.2 Å². The van der Waals surface area contributed by atoms with Crippen LogP contribution in [0.25, 0.3) is 11.2 Å². The zero-order chi connectivity index (χ0) is 15.5. The number of carboxylic acid groups (broad SMARTS) is 1. The molecule has 0 radical (unpaired) electrons. The fraction of sp³-hybridized carbons (Fsp3) is 0.200. The van der Waals surface area contributed by atoms with Gasteiger partial charge in [-0.1, -0.05) is 30.3 Å². The number of benzene rings is 1. The van der Waals surface area contributed by atoms with E-state index in [1.54, 1.807) is 6.33 Å². The molecule has 120 valence electrons. The molecule has 0 aliphatic rings. The first-order valence-corrected chi connectivity index (χ1v) is 6.82. The van der Waals surface area contributed by atoms with Gasteiger partial charge in [0.1, 0.15) is 17.9 Å². The van der Waals surface area contributed by atoms with Crippen LogP contribution in [-0.2, 0) is 17.8 Å². The number of nitrogens with zero attached hydrogens (tertiary/aromatic N) is 4. The Morgan fingerprint density at radius 2 is 1.96 bits per heavy atom. The Hall–Kier alpha value is -2.51. The minimum Gasteiger partial charge on any atom is -0.480 e. The highest BCUT2D eigenvalue weighted by Gasteiger charge is 2.17. The van der Waals surface area contributed by atoms with Crippen LogP contribution < -0.4 is 5.73 Å². The Morgan fingerprint density at radius 1 is 1.22 bits per heavy atom. The summed E-state index contributed by atoms with van der Waals surface area (Å²) >= 11 is 0. The lowest BCUT2D eigenvalue weighted by atomic mass is 10.1. The van der Waals surface area contributed by atoms with E-state index in [0.717, 1.165) is 5.56 Å². The second-order valence-corrected chi connectivity index (χ2v) is 5.00. The summed E-state index contributed by atoms with van der Waals surface area (Å²) in [6.07, 6.45) is 3.22. The maximum absolute atomic E-state index is 10.9. The second kappa shape index (κ2) is 7.17. The van der Waals surface area contributed by atoms with Gasteiger partial charge in [-0.3, -0.25) is 4.79 Å². The minimum atomic E-state index is -1.06. The quantitative estimate of drug-likeness (QED) is 0.727. The van der Waals surface area contributed by atoms with E-state index < -0.39 is 12.0 Å². The molecule has 3 N–H and O–H groups in total. The van der Waals surface area contributed by atoms with E-state index in [9.17, 15) is 4.79 Å². The standard InChI is InChI=1S/C15H15N5O2.ClH/c16-11(15(21)22)6-12-13-14(18-8-17-12)20(9-19-13)7-10-4-2-1-3-5-10;/h1-5,8-9,11H,6-7,16H2,(H,21,22);1H/t11-;/m0./s1. The van der Waals surface area contributed by atoms with Gasteiger partial charge in [0.2, 0.25) is 0 Å². The summed E-state index contributed by atoms with van der Waals surface area (Å²) in [5.74, 6) is -1.06. The number of carbonyl (C=O) groups is 1. The summed E-state index contributed by atoms with van der Waals surface area (Å²) in [5.41, 5.74) is 8.52. The van der Waals surface area contributed by atoms with Gasteiger partial charge in [0.15, 0.2) is 5.65 Å². The molecule has 0 unspecified atom stereocenters. The van der Waals surface area contributed by atoms with Crippen LogP contribution in [0.2, 0.25) is 0 Å². The summed E-state index contributed by atoms with van der Waals surface area (Å²) < 4.78 is 1.90. The average Bonchev–Trinajstić information content (AvgIpc) is 2.92. The molecule has 1 aromatic carbocycles. The van der Waals surface area contributed by atoms with Gasteiger partial charge >= 0.3 is 5.97 Å². The maximum Gasteiger partial charge on any atom is 0.320 e. The number of hydrogen-bond acceptors (Lipinski definition) is 5. The van der Waals surface area contributed by atoms with Gasteiger partial charge in [-0.2, -0.15) is 0 Å². The van der Waals surface area contributed by atoms with Crippen molar-refractivity contribution >= 4 is 29.5 Å². The van der Waals surface area contributed by atoms with Crippen molar-refractivity contribution in [2.45, 2.75) is 19.0 Å². The van der Waals surface area contributed by atoms with Crippen molar-refractivity contribution < 1.29 is 9.90 Å². The lowest BCUT2D eigenvalue weighted by Gasteiger charge is -2.07. The van der Waals surface area contributed by atoms with Crippen molar-refractivity contribution in [3.63, 3.8) is 0 Å². The molecule has 0 bridgehead atoms. The van der Waals surface area contributed by atoms with Crippen LogP contribution in [0, 0.1) is 0 Å². The lowest BCUT2D eigenvalue weighted by molar-refractivity contribution is -0.138. The van der Waals surface area contributed by atoms with E-state index in [0.29, 0.717) is 23.4 Å². The second-order valence-electron chi connectivity index (χ2n) is 5.00. The number of carboxylic acids is 1. The predicted octanol–water partition coefficient (Wildman–Crippen LogP) is 1.25. The summed E-state index contributed by atoms with van der Waals surface area (Å²) in [6.45, 7) is 0.638. The first kappa shape index (κ1) is 16.9. The molecule has 8 heteroatoms. The molecule has 0 amide bonds. The Labute approximate surface area is 138 Å². The largest absolute Gasteiger partial charge is 0.480 e. The smallest absolute Gasteiger partial charge is 0.320 e. The van der Waals surface area contributed by atoms with Crippen LogP contribution in [0.5, 0.6) is 0 Å². The van der Waals surface area contributed by atoms with E-state index in [1.165, 1.54) is 6.33 Å². The van der Waals surface area contributed by atoms with Crippen molar-refractivity contribution in [2.24, 2.45) is 5.73 Å². The lowest BCUT2D eigenvalue weighted by Crippen LogP contribution is -2.32. The summed E-state index contributed by atoms with van der Waals surface area (Å²) in [4.78, 5) is 23.6. The van der Waals surface area contributed by atoms with E-state index in [2.05, 4.69) is 15.0 Å². The first-order valence-electron chi connectivity index (χ1n) is 6.82. The fourth-order valence-corrected chi connectivity index (χ4v) is 2.27. The third kappa shape index (κ3) is 3.64. The van der Waals surface area contributed by atoms with Crippen molar-refractivity contribution in [1.82, 2.24) is 19.5 Å². The van der Waals surface area contributed by atoms with E-state index in [4.69, 9.17) is 10.8 Å².